The highest BCUT2D eigenvalue weighted by molar-refractivity contribution is 7.91. The van der Waals surface area contributed by atoms with Crippen LogP contribution >= 0.6 is 0 Å². The molecule has 2 aromatic heterocycles. The Labute approximate surface area is 208 Å². The largest absolute Gasteiger partial charge is 0.435 e. The summed E-state index contributed by atoms with van der Waals surface area (Å²) in [6.07, 6.45) is -1.29. The van der Waals surface area contributed by atoms with Gasteiger partial charge >= 0.3 is 6.18 Å². The number of alkyl halides is 3. The van der Waals surface area contributed by atoms with Crippen molar-refractivity contribution in [2.45, 2.75) is 42.9 Å². The van der Waals surface area contributed by atoms with Gasteiger partial charge in [0.05, 0.1) is 21.6 Å². The highest BCUT2D eigenvalue weighted by Gasteiger charge is 2.40. The van der Waals surface area contributed by atoms with Crippen LogP contribution in [-0.4, -0.2) is 41.6 Å². The number of amides is 1. The third-order valence-corrected chi connectivity index (χ3v) is 6.93. The molecule has 0 bridgehead atoms. The summed E-state index contributed by atoms with van der Waals surface area (Å²) in [7, 11) is -3.15. The lowest BCUT2D eigenvalue weighted by molar-refractivity contribution is -0.142. The van der Waals surface area contributed by atoms with Gasteiger partial charge in [-0.25, -0.2) is 19.0 Å². The van der Waals surface area contributed by atoms with Gasteiger partial charge in [-0.05, 0) is 49.9 Å². The maximum absolute atomic E-state index is 14.6. The molecule has 1 aromatic carbocycles. The summed E-state index contributed by atoms with van der Waals surface area (Å²) in [6, 6.07) is 5.40. The number of rotatable bonds is 6. The van der Waals surface area contributed by atoms with Crippen LogP contribution in [0.4, 0.5) is 23.2 Å². The molecule has 3 N–H and O–H groups in total. The van der Waals surface area contributed by atoms with E-state index in [1.165, 1.54) is 24.3 Å². The molecule has 1 saturated carbocycles. The molecule has 1 aliphatic carbocycles. The van der Waals surface area contributed by atoms with Crippen molar-refractivity contribution >= 4 is 21.3 Å². The van der Waals surface area contributed by atoms with E-state index in [2.05, 4.69) is 25.5 Å². The smallest absolute Gasteiger partial charge is 0.414 e. The SMILES string of the molecule is Cc1c(C(F)(F)F)nnc(Oc2ncc(C3(O)CCC3)nc2F)c1C(=O)Nc1cccc(S(C)(=N)=O)c1. The zero-order chi connectivity index (χ0) is 27.2. The Morgan fingerprint density at radius 1 is 1.24 bits per heavy atom. The summed E-state index contributed by atoms with van der Waals surface area (Å²) in [4.78, 5) is 20.6. The second kappa shape index (κ2) is 9.30. The zero-order valence-corrected chi connectivity index (χ0v) is 20.2. The van der Waals surface area contributed by atoms with E-state index in [4.69, 9.17) is 9.52 Å². The Balaban J connectivity index is 1.73. The average molecular weight is 540 g/mol. The van der Waals surface area contributed by atoms with Crippen LogP contribution in [0.3, 0.4) is 0 Å². The first-order valence-electron chi connectivity index (χ1n) is 10.7. The van der Waals surface area contributed by atoms with Crippen molar-refractivity contribution in [1.29, 1.82) is 4.78 Å². The summed E-state index contributed by atoms with van der Waals surface area (Å²) < 4.78 is 80.1. The number of nitrogens with one attached hydrogen (secondary N) is 2. The number of aromatic nitrogens is 4. The van der Waals surface area contributed by atoms with Gasteiger partial charge in [0.15, 0.2) is 5.69 Å². The molecule has 3 aromatic rings. The molecule has 4 rings (SSSR count). The monoisotopic (exact) mass is 540 g/mol. The van der Waals surface area contributed by atoms with Crippen molar-refractivity contribution in [3.8, 4) is 11.8 Å². The van der Waals surface area contributed by atoms with Crippen LogP contribution in [0, 0.1) is 17.7 Å². The van der Waals surface area contributed by atoms with Gasteiger partial charge in [0.1, 0.15) is 11.2 Å². The van der Waals surface area contributed by atoms with Gasteiger partial charge in [-0.3, -0.25) is 4.79 Å². The highest BCUT2D eigenvalue weighted by atomic mass is 32.2. The third kappa shape index (κ3) is 5.36. The molecule has 0 saturated heterocycles. The number of anilines is 1. The van der Waals surface area contributed by atoms with Gasteiger partial charge in [0, 0.05) is 16.8 Å². The molecule has 0 spiro atoms. The Morgan fingerprint density at radius 2 is 1.95 bits per heavy atom. The minimum absolute atomic E-state index is 0.0296. The Kier molecular flexibility index (Phi) is 6.62. The van der Waals surface area contributed by atoms with Gasteiger partial charge in [-0.1, -0.05) is 6.07 Å². The van der Waals surface area contributed by atoms with Crippen molar-refractivity contribution in [1.82, 2.24) is 20.2 Å². The lowest BCUT2D eigenvalue weighted by atomic mass is 9.78. The van der Waals surface area contributed by atoms with Crippen molar-refractivity contribution in [3.05, 3.63) is 58.9 Å². The van der Waals surface area contributed by atoms with Crippen LogP contribution in [-0.2, 0) is 21.5 Å². The number of carbonyl (C=O) groups excluding carboxylic acids is 1. The normalized spacial score (nSPS) is 16.4. The van der Waals surface area contributed by atoms with Crippen molar-refractivity contribution < 1.29 is 36.4 Å². The summed E-state index contributed by atoms with van der Waals surface area (Å²) in [5, 5.41) is 19.1. The van der Waals surface area contributed by atoms with Crippen molar-refractivity contribution in [3.63, 3.8) is 0 Å². The number of halogens is 4. The number of hydrogen-bond acceptors (Lipinski definition) is 9. The summed E-state index contributed by atoms with van der Waals surface area (Å²) in [5.41, 5.74) is -4.14. The van der Waals surface area contributed by atoms with Gasteiger partial charge < -0.3 is 15.2 Å². The second-order valence-electron chi connectivity index (χ2n) is 8.52. The number of nitrogens with zero attached hydrogens (tertiary/aromatic N) is 4. The van der Waals surface area contributed by atoms with E-state index in [1.807, 2.05) is 0 Å². The second-order valence-corrected chi connectivity index (χ2v) is 10.7. The molecule has 10 nitrogen and oxygen atoms in total. The maximum Gasteiger partial charge on any atom is 0.435 e. The Bertz CT molecular complexity index is 1490. The van der Waals surface area contributed by atoms with Gasteiger partial charge in [0.2, 0.25) is 0 Å². The standard InChI is InChI=1S/C22H20F4N6O4S/c1-11-15(18(33)29-12-5-3-6-13(9-12)37(2,27)35)19(32-31-16(11)22(24,25)26)36-20-17(23)30-14(10-28-20)21(34)7-4-8-21/h3,5-6,9-10,27,34H,4,7-8H2,1-2H3,(H,29,33). The first kappa shape index (κ1) is 26.3. The van der Waals surface area contributed by atoms with E-state index >= 15 is 0 Å². The molecule has 1 amide bonds. The molecule has 1 aliphatic rings. The van der Waals surface area contributed by atoms with Crippen LogP contribution in [0.15, 0.2) is 35.4 Å². The van der Waals surface area contributed by atoms with E-state index in [0.29, 0.717) is 12.8 Å². The van der Waals surface area contributed by atoms with Crippen LogP contribution in [0.2, 0.25) is 0 Å². The highest BCUT2D eigenvalue weighted by Crippen LogP contribution is 2.40. The lowest BCUT2D eigenvalue weighted by Crippen LogP contribution is -2.35. The van der Waals surface area contributed by atoms with Gasteiger partial charge in [-0.15, -0.1) is 10.2 Å². The summed E-state index contributed by atoms with van der Waals surface area (Å²) in [6.45, 7) is 0.968. The molecule has 37 heavy (non-hydrogen) atoms. The van der Waals surface area contributed by atoms with E-state index in [1.54, 1.807) is 0 Å². The number of carbonyl (C=O) groups is 1. The topological polar surface area (TPSA) is 151 Å². The third-order valence-electron chi connectivity index (χ3n) is 5.77. The minimum atomic E-state index is -4.96. The lowest BCUT2D eigenvalue weighted by Gasteiger charge is -2.35. The quantitative estimate of drug-likeness (QED) is 0.394. The Hall–Kier alpha value is -3.72. The first-order chi connectivity index (χ1) is 17.2. The molecule has 1 unspecified atom stereocenters. The van der Waals surface area contributed by atoms with Crippen LogP contribution in [0.5, 0.6) is 11.8 Å². The number of benzene rings is 1. The number of aliphatic hydroxyl groups is 1. The van der Waals surface area contributed by atoms with Crippen LogP contribution < -0.4 is 10.1 Å². The number of ether oxygens (including phenoxy) is 1. The fourth-order valence-corrected chi connectivity index (χ4v) is 4.31. The average Bonchev–Trinajstić information content (AvgIpc) is 2.77. The molecule has 2 heterocycles. The molecular weight excluding hydrogens is 520 g/mol. The van der Waals surface area contributed by atoms with Crippen molar-refractivity contribution in [2.75, 3.05) is 11.6 Å². The molecule has 1 atom stereocenters. The Morgan fingerprint density at radius 3 is 2.51 bits per heavy atom. The predicted molar refractivity (Wildman–Crippen MR) is 121 cm³/mol. The van der Waals surface area contributed by atoms with Crippen LogP contribution in [0.25, 0.3) is 0 Å². The van der Waals surface area contributed by atoms with Crippen molar-refractivity contribution in [2.24, 2.45) is 0 Å². The van der Waals surface area contributed by atoms with E-state index in [0.717, 1.165) is 25.8 Å². The van der Waals surface area contributed by atoms with Crippen LogP contribution in [0.1, 0.15) is 46.6 Å². The molecule has 15 heteroatoms. The van der Waals surface area contributed by atoms with E-state index in [-0.39, 0.29) is 16.3 Å². The first-order valence-corrected chi connectivity index (χ1v) is 12.7. The van der Waals surface area contributed by atoms with Gasteiger partial charge in [0.25, 0.3) is 23.6 Å². The molecule has 196 valence electrons. The predicted octanol–water partition coefficient (Wildman–Crippen LogP) is 4.18. The maximum atomic E-state index is 14.6. The molecule has 1 fully saturated rings. The van der Waals surface area contributed by atoms with Gasteiger partial charge in [-0.2, -0.15) is 17.6 Å². The molecular formula is C22H20F4N6O4S. The fraction of sp³-hybridized carbons (Fsp3) is 0.318. The molecule has 0 radical (unpaired) electrons. The minimum Gasteiger partial charge on any atom is -0.414 e. The van der Waals surface area contributed by atoms with E-state index in [9.17, 15) is 31.7 Å². The summed E-state index contributed by atoms with van der Waals surface area (Å²) in [5.74, 6) is -3.96. The zero-order valence-electron chi connectivity index (χ0n) is 19.4. The van der Waals surface area contributed by atoms with E-state index < -0.39 is 61.9 Å². The summed E-state index contributed by atoms with van der Waals surface area (Å²) >= 11 is 0. The molecule has 0 aliphatic heterocycles. The number of hydrogen-bond donors (Lipinski definition) is 3. The fourth-order valence-electron chi connectivity index (χ4n) is 3.62.